The Kier molecular flexibility index (Phi) is 4.69. The molecular weight excluding hydrogens is 260 g/mol. The molecule has 0 spiro atoms. The molecule has 0 saturated heterocycles. The molecule has 2 aromatic carbocycles. The van der Waals surface area contributed by atoms with Gasteiger partial charge >= 0.3 is 0 Å². The zero-order valence-electron chi connectivity index (χ0n) is 11.5. The van der Waals surface area contributed by atoms with Crippen LogP contribution in [0.15, 0.2) is 42.5 Å². The number of halogens is 2. The van der Waals surface area contributed by atoms with Crippen LogP contribution in [-0.2, 0) is 6.54 Å². The summed E-state index contributed by atoms with van der Waals surface area (Å²) in [6.45, 7) is 2.31. The van der Waals surface area contributed by atoms with Crippen LogP contribution in [0.25, 0.3) is 0 Å². The van der Waals surface area contributed by atoms with Crippen molar-refractivity contribution >= 4 is 0 Å². The zero-order chi connectivity index (χ0) is 14.5. The molecule has 2 aromatic rings. The average molecular weight is 277 g/mol. The fraction of sp³-hybridized carbons (Fsp3) is 0.250. The van der Waals surface area contributed by atoms with Gasteiger partial charge in [0.2, 0.25) is 0 Å². The number of ether oxygens (including phenoxy) is 1. The van der Waals surface area contributed by atoms with Gasteiger partial charge in [0.15, 0.2) is 11.6 Å². The van der Waals surface area contributed by atoms with Gasteiger partial charge < -0.3 is 10.1 Å². The summed E-state index contributed by atoms with van der Waals surface area (Å²) in [4.78, 5) is 0. The lowest BCUT2D eigenvalue weighted by Crippen LogP contribution is -2.19. The predicted octanol–water partition coefficient (Wildman–Crippen LogP) is 3.82. The van der Waals surface area contributed by atoms with E-state index in [4.69, 9.17) is 4.74 Å². The highest BCUT2D eigenvalue weighted by atomic mass is 19.2. The first-order chi connectivity index (χ1) is 9.63. The van der Waals surface area contributed by atoms with Crippen LogP contribution in [0.3, 0.4) is 0 Å². The van der Waals surface area contributed by atoms with E-state index < -0.39 is 11.6 Å². The summed E-state index contributed by atoms with van der Waals surface area (Å²) in [6.07, 6.45) is 0. The molecule has 0 aromatic heterocycles. The maximum Gasteiger partial charge on any atom is 0.163 e. The molecule has 0 bridgehead atoms. The summed E-state index contributed by atoms with van der Waals surface area (Å²) in [6, 6.07) is 11.5. The fourth-order valence-electron chi connectivity index (χ4n) is 2.08. The van der Waals surface area contributed by atoms with Crippen LogP contribution < -0.4 is 10.1 Å². The van der Waals surface area contributed by atoms with E-state index in [0.29, 0.717) is 12.1 Å². The van der Waals surface area contributed by atoms with E-state index in [2.05, 4.69) is 5.32 Å². The molecule has 0 heterocycles. The van der Waals surface area contributed by atoms with Crippen LogP contribution in [0.4, 0.5) is 8.78 Å². The maximum absolute atomic E-state index is 13.7. The third-order valence-corrected chi connectivity index (χ3v) is 3.24. The zero-order valence-corrected chi connectivity index (χ0v) is 11.5. The predicted molar refractivity (Wildman–Crippen MR) is 74.6 cm³/mol. The lowest BCUT2D eigenvalue weighted by atomic mass is 10.1. The van der Waals surface area contributed by atoms with Crippen LogP contribution in [-0.4, -0.2) is 7.11 Å². The smallest absolute Gasteiger partial charge is 0.163 e. The summed E-state index contributed by atoms with van der Waals surface area (Å²) >= 11 is 0. The van der Waals surface area contributed by atoms with Gasteiger partial charge in [-0.05, 0) is 19.1 Å². The van der Waals surface area contributed by atoms with E-state index in [1.807, 2.05) is 24.3 Å². The number of methoxy groups -OCH3 is 1. The van der Waals surface area contributed by atoms with Crippen molar-refractivity contribution in [3.05, 3.63) is 65.2 Å². The number of hydrogen-bond donors (Lipinski definition) is 1. The van der Waals surface area contributed by atoms with Crippen molar-refractivity contribution in [1.82, 2.24) is 5.32 Å². The van der Waals surface area contributed by atoms with Crippen molar-refractivity contribution < 1.29 is 13.5 Å². The van der Waals surface area contributed by atoms with Crippen molar-refractivity contribution in [2.75, 3.05) is 7.11 Å². The Morgan fingerprint density at radius 2 is 1.85 bits per heavy atom. The fourth-order valence-corrected chi connectivity index (χ4v) is 2.08. The summed E-state index contributed by atoms with van der Waals surface area (Å²) in [5.41, 5.74) is 1.29. The van der Waals surface area contributed by atoms with Gasteiger partial charge in [0.1, 0.15) is 5.75 Å². The minimum atomic E-state index is -0.826. The highest BCUT2D eigenvalue weighted by Crippen LogP contribution is 2.21. The highest BCUT2D eigenvalue weighted by molar-refractivity contribution is 5.33. The molecule has 1 atom stereocenters. The van der Waals surface area contributed by atoms with Crippen molar-refractivity contribution in [3.8, 4) is 5.75 Å². The minimum Gasteiger partial charge on any atom is -0.496 e. The van der Waals surface area contributed by atoms with E-state index in [9.17, 15) is 8.78 Å². The average Bonchev–Trinajstić information content (AvgIpc) is 2.48. The Hall–Kier alpha value is -1.94. The SMILES string of the molecule is COc1ccccc1CNC(C)c1cccc(F)c1F. The molecule has 1 N–H and O–H groups in total. The van der Waals surface area contributed by atoms with Crippen molar-refractivity contribution in [1.29, 1.82) is 0 Å². The standard InChI is InChI=1S/C16H17F2NO/c1-11(13-7-5-8-14(17)16(13)18)19-10-12-6-3-4-9-15(12)20-2/h3-9,11,19H,10H2,1-2H3. The molecule has 0 aliphatic carbocycles. The second kappa shape index (κ2) is 6.48. The third-order valence-electron chi connectivity index (χ3n) is 3.24. The largest absolute Gasteiger partial charge is 0.496 e. The Balaban J connectivity index is 2.09. The molecule has 4 heteroatoms. The van der Waals surface area contributed by atoms with Crippen LogP contribution in [0.5, 0.6) is 5.75 Å². The van der Waals surface area contributed by atoms with Gasteiger partial charge in [-0.1, -0.05) is 30.3 Å². The van der Waals surface area contributed by atoms with Gasteiger partial charge in [0.05, 0.1) is 7.11 Å². The van der Waals surface area contributed by atoms with Gasteiger partial charge in [-0.25, -0.2) is 8.78 Å². The molecule has 0 aliphatic heterocycles. The molecule has 0 radical (unpaired) electrons. The van der Waals surface area contributed by atoms with Gasteiger partial charge in [0.25, 0.3) is 0 Å². The normalized spacial score (nSPS) is 12.2. The van der Waals surface area contributed by atoms with Gasteiger partial charge in [-0.15, -0.1) is 0 Å². The molecule has 20 heavy (non-hydrogen) atoms. The Bertz CT molecular complexity index is 586. The van der Waals surface area contributed by atoms with Gasteiger partial charge in [0, 0.05) is 23.7 Å². The number of para-hydroxylation sites is 1. The molecule has 0 aliphatic rings. The minimum absolute atomic E-state index is 0.296. The lowest BCUT2D eigenvalue weighted by molar-refractivity contribution is 0.405. The molecule has 2 rings (SSSR count). The first-order valence-corrected chi connectivity index (χ1v) is 6.42. The summed E-state index contributed by atoms with van der Waals surface area (Å²) in [5, 5.41) is 3.17. The number of hydrogen-bond acceptors (Lipinski definition) is 2. The van der Waals surface area contributed by atoms with Crippen LogP contribution in [0, 0.1) is 11.6 Å². The summed E-state index contributed by atoms with van der Waals surface area (Å²) in [5.74, 6) is -0.854. The van der Waals surface area contributed by atoms with E-state index in [1.165, 1.54) is 6.07 Å². The molecule has 2 nitrogen and oxygen atoms in total. The van der Waals surface area contributed by atoms with Crippen molar-refractivity contribution in [2.24, 2.45) is 0 Å². The first-order valence-electron chi connectivity index (χ1n) is 6.42. The van der Waals surface area contributed by atoms with Gasteiger partial charge in [-0.3, -0.25) is 0 Å². The molecule has 1 unspecified atom stereocenters. The topological polar surface area (TPSA) is 21.3 Å². The molecule has 0 amide bonds. The second-order valence-corrected chi connectivity index (χ2v) is 4.56. The highest BCUT2D eigenvalue weighted by Gasteiger charge is 2.14. The molecule has 106 valence electrons. The lowest BCUT2D eigenvalue weighted by Gasteiger charge is -2.16. The van der Waals surface area contributed by atoms with Crippen LogP contribution in [0.2, 0.25) is 0 Å². The third kappa shape index (κ3) is 3.14. The molecular formula is C16H17F2NO. The van der Waals surface area contributed by atoms with E-state index >= 15 is 0 Å². The van der Waals surface area contributed by atoms with Gasteiger partial charge in [-0.2, -0.15) is 0 Å². The Morgan fingerprint density at radius 3 is 2.60 bits per heavy atom. The van der Waals surface area contributed by atoms with Crippen LogP contribution in [0.1, 0.15) is 24.1 Å². The van der Waals surface area contributed by atoms with E-state index in [0.717, 1.165) is 17.4 Å². The summed E-state index contributed by atoms with van der Waals surface area (Å²) in [7, 11) is 1.61. The monoisotopic (exact) mass is 277 g/mol. The Morgan fingerprint density at radius 1 is 1.10 bits per heavy atom. The van der Waals surface area contributed by atoms with E-state index in [1.54, 1.807) is 20.1 Å². The maximum atomic E-state index is 13.7. The van der Waals surface area contributed by atoms with E-state index in [-0.39, 0.29) is 6.04 Å². The van der Waals surface area contributed by atoms with Crippen molar-refractivity contribution in [2.45, 2.75) is 19.5 Å². The second-order valence-electron chi connectivity index (χ2n) is 4.56. The summed E-state index contributed by atoms with van der Waals surface area (Å²) < 4.78 is 32.1. The van der Waals surface area contributed by atoms with Crippen LogP contribution >= 0.6 is 0 Å². The quantitative estimate of drug-likeness (QED) is 0.897. The molecule has 0 fully saturated rings. The molecule has 0 saturated carbocycles. The number of rotatable bonds is 5. The van der Waals surface area contributed by atoms with Crippen molar-refractivity contribution in [3.63, 3.8) is 0 Å². The number of benzene rings is 2. The number of nitrogens with one attached hydrogen (secondary N) is 1. The Labute approximate surface area is 117 Å². The first kappa shape index (κ1) is 14.5.